The molecule has 30 heavy (non-hydrogen) atoms. The molecule has 2 aromatic carbocycles. The fraction of sp³-hybridized carbons (Fsp3) is 0.182. The topological polar surface area (TPSA) is 79.0 Å². The molecule has 0 N–H and O–H groups in total. The molecule has 0 aliphatic rings. The van der Waals surface area contributed by atoms with Crippen molar-refractivity contribution < 1.29 is 4.74 Å². The van der Waals surface area contributed by atoms with Crippen molar-refractivity contribution in [3.63, 3.8) is 0 Å². The predicted molar refractivity (Wildman–Crippen MR) is 118 cm³/mol. The molecule has 2 aromatic heterocycles. The van der Waals surface area contributed by atoms with Gasteiger partial charge in [0.1, 0.15) is 16.2 Å². The van der Waals surface area contributed by atoms with E-state index in [1.807, 2.05) is 54.6 Å². The van der Waals surface area contributed by atoms with Crippen molar-refractivity contribution in [2.75, 3.05) is 7.11 Å². The zero-order valence-corrected chi connectivity index (χ0v) is 17.6. The molecular weight excluding hydrogens is 400 g/mol. The van der Waals surface area contributed by atoms with Gasteiger partial charge >= 0.3 is 5.69 Å². The molecule has 0 saturated carbocycles. The molecule has 152 valence electrons. The molecule has 0 aliphatic heterocycles. The lowest BCUT2D eigenvalue weighted by Crippen LogP contribution is -2.37. The van der Waals surface area contributed by atoms with Crippen molar-refractivity contribution in [2.24, 2.45) is 14.1 Å². The van der Waals surface area contributed by atoms with Gasteiger partial charge in [0.05, 0.1) is 7.11 Å². The van der Waals surface area contributed by atoms with E-state index in [2.05, 4.69) is 4.98 Å². The lowest BCUT2D eigenvalue weighted by molar-refractivity contribution is 0.415. The Balaban J connectivity index is 1.91. The SMILES string of the molecule is COc1ccc(-c2nc(SCc3ccccc3)c3c(=O)n(C)c(=O)n(C)c3n2)cc1. The van der Waals surface area contributed by atoms with Gasteiger partial charge in [-0.05, 0) is 29.8 Å². The second-order valence-electron chi connectivity index (χ2n) is 6.76. The Bertz CT molecular complexity index is 1330. The number of ether oxygens (including phenoxy) is 1. The first-order valence-electron chi connectivity index (χ1n) is 9.28. The number of aromatic nitrogens is 4. The summed E-state index contributed by atoms with van der Waals surface area (Å²) in [7, 11) is 4.68. The normalized spacial score (nSPS) is 11.0. The average molecular weight is 420 g/mol. The fourth-order valence-electron chi connectivity index (χ4n) is 3.13. The molecule has 0 aliphatic carbocycles. The highest BCUT2D eigenvalue weighted by Gasteiger charge is 2.18. The van der Waals surface area contributed by atoms with Gasteiger partial charge < -0.3 is 4.74 Å². The van der Waals surface area contributed by atoms with Crippen LogP contribution in [0.25, 0.3) is 22.4 Å². The van der Waals surface area contributed by atoms with Crippen LogP contribution in [0.5, 0.6) is 5.75 Å². The van der Waals surface area contributed by atoms with Gasteiger partial charge in [0.15, 0.2) is 11.5 Å². The van der Waals surface area contributed by atoms with Gasteiger partial charge in [-0.1, -0.05) is 30.3 Å². The van der Waals surface area contributed by atoms with Crippen LogP contribution in [-0.4, -0.2) is 26.2 Å². The van der Waals surface area contributed by atoms with Crippen LogP contribution in [0.15, 0.2) is 69.2 Å². The Morgan fingerprint density at radius 1 is 0.933 bits per heavy atom. The average Bonchev–Trinajstić information content (AvgIpc) is 2.80. The number of aryl methyl sites for hydroxylation is 1. The molecule has 2 heterocycles. The highest BCUT2D eigenvalue weighted by molar-refractivity contribution is 7.98. The lowest BCUT2D eigenvalue weighted by Gasteiger charge is -2.12. The van der Waals surface area contributed by atoms with Crippen LogP contribution in [0, 0.1) is 0 Å². The molecule has 0 spiro atoms. The van der Waals surface area contributed by atoms with Crippen LogP contribution in [0.2, 0.25) is 0 Å². The van der Waals surface area contributed by atoms with Crippen molar-refractivity contribution in [1.29, 1.82) is 0 Å². The van der Waals surface area contributed by atoms with Crippen molar-refractivity contribution in [2.45, 2.75) is 10.8 Å². The minimum absolute atomic E-state index is 0.319. The number of benzene rings is 2. The van der Waals surface area contributed by atoms with E-state index in [0.717, 1.165) is 21.4 Å². The summed E-state index contributed by atoms with van der Waals surface area (Å²) in [6, 6.07) is 17.3. The molecule has 0 unspecified atom stereocenters. The molecule has 8 heteroatoms. The largest absolute Gasteiger partial charge is 0.497 e. The molecule has 0 fully saturated rings. The lowest BCUT2D eigenvalue weighted by atomic mass is 10.2. The number of fused-ring (bicyclic) bond motifs is 1. The van der Waals surface area contributed by atoms with Crippen LogP contribution >= 0.6 is 11.8 Å². The maximum absolute atomic E-state index is 12.9. The summed E-state index contributed by atoms with van der Waals surface area (Å²) in [6.45, 7) is 0. The van der Waals surface area contributed by atoms with Gasteiger partial charge in [0.2, 0.25) is 0 Å². The van der Waals surface area contributed by atoms with E-state index in [4.69, 9.17) is 9.72 Å². The number of rotatable bonds is 5. The standard InChI is InChI=1S/C22H20N4O3S/c1-25-19-17(21(27)26(2)22(25)28)20(30-13-14-7-5-4-6-8-14)24-18(23-19)15-9-11-16(29-3)12-10-15/h4-12H,13H2,1-3H3. The monoisotopic (exact) mass is 420 g/mol. The number of nitrogens with zero attached hydrogens (tertiary/aromatic N) is 4. The van der Waals surface area contributed by atoms with E-state index in [0.29, 0.717) is 27.6 Å². The third-order valence-corrected chi connectivity index (χ3v) is 5.88. The Morgan fingerprint density at radius 3 is 2.30 bits per heavy atom. The molecule has 0 amide bonds. The van der Waals surface area contributed by atoms with Crippen LogP contribution < -0.4 is 16.0 Å². The summed E-state index contributed by atoms with van der Waals surface area (Å²) in [5.74, 6) is 1.81. The molecule has 0 radical (unpaired) electrons. The van der Waals surface area contributed by atoms with Crippen LogP contribution in [0.1, 0.15) is 5.56 Å². The second kappa shape index (κ2) is 8.16. The first kappa shape index (κ1) is 19.9. The quantitative estimate of drug-likeness (QED) is 0.365. The number of methoxy groups -OCH3 is 1. The minimum Gasteiger partial charge on any atom is -0.497 e. The smallest absolute Gasteiger partial charge is 0.332 e. The van der Waals surface area contributed by atoms with E-state index in [-0.39, 0.29) is 0 Å². The first-order valence-corrected chi connectivity index (χ1v) is 10.3. The molecule has 4 aromatic rings. The number of hydrogen-bond donors (Lipinski definition) is 0. The zero-order chi connectivity index (χ0) is 21.3. The van der Waals surface area contributed by atoms with E-state index in [1.165, 1.54) is 23.4 Å². The summed E-state index contributed by atoms with van der Waals surface area (Å²) in [4.78, 5) is 34.6. The summed E-state index contributed by atoms with van der Waals surface area (Å²) in [5.41, 5.74) is 1.38. The van der Waals surface area contributed by atoms with Gasteiger partial charge in [-0.15, -0.1) is 11.8 Å². The van der Waals surface area contributed by atoms with Crippen molar-refractivity contribution in [1.82, 2.24) is 19.1 Å². The van der Waals surface area contributed by atoms with E-state index in [1.54, 1.807) is 14.2 Å². The Hall–Kier alpha value is -3.39. The zero-order valence-electron chi connectivity index (χ0n) is 16.8. The van der Waals surface area contributed by atoms with E-state index < -0.39 is 11.2 Å². The highest BCUT2D eigenvalue weighted by atomic mass is 32.2. The summed E-state index contributed by atoms with van der Waals surface area (Å²) >= 11 is 1.45. The number of thioether (sulfide) groups is 1. The molecule has 7 nitrogen and oxygen atoms in total. The fourth-order valence-corrected chi connectivity index (χ4v) is 4.10. The van der Waals surface area contributed by atoms with E-state index >= 15 is 0 Å². The van der Waals surface area contributed by atoms with Gasteiger partial charge in [-0.3, -0.25) is 13.9 Å². The predicted octanol–water partition coefficient (Wildman–Crippen LogP) is 3.00. The van der Waals surface area contributed by atoms with Crippen molar-refractivity contribution >= 4 is 22.8 Å². The van der Waals surface area contributed by atoms with Gasteiger partial charge in [-0.2, -0.15) is 0 Å². The van der Waals surface area contributed by atoms with Crippen LogP contribution in [0.4, 0.5) is 0 Å². The maximum atomic E-state index is 12.9. The molecule has 0 atom stereocenters. The summed E-state index contributed by atoms with van der Waals surface area (Å²) < 4.78 is 7.69. The third kappa shape index (κ3) is 3.61. The van der Waals surface area contributed by atoms with Gasteiger partial charge in [0.25, 0.3) is 5.56 Å². The molecule has 0 saturated heterocycles. The second-order valence-corrected chi connectivity index (χ2v) is 7.72. The Morgan fingerprint density at radius 2 is 1.63 bits per heavy atom. The first-order chi connectivity index (χ1) is 14.5. The molecule has 4 rings (SSSR count). The maximum Gasteiger partial charge on any atom is 0.332 e. The summed E-state index contributed by atoms with van der Waals surface area (Å²) in [6.07, 6.45) is 0. The number of hydrogen-bond acceptors (Lipinski definition) is 6. The van der Waals surface area contributed by atoms with Crippen LogP contribution in [0.3, 0.4) is 0 Å². The van der Waals surface area contributed by atoms with Gasteiger partial charge in [-0.25, -0.2) is 14.8 Å². The van der Waals surface area contributed by atoms with Crippen molar-refractivity contribution in [3.05, 3.63) is 81.0 Å². The molecular formula is C22H20N4O3S. The van der Waals surface area contributed by atoms with Crippen LogP contribution in [-0.2, 0) is 19.8 Å². The van der Waals surface area contributed by atoms with E-state index in [9.17, 15) is 9.59 Å². The molecule has 0 bridgehead atoms. The van der Waals surface area contributed by atoms with Crippen molar-refractivity contribution in [3.8, 4) is 17.1 Å². The minimum atomic E-state index is -0.425. The Kier molecular flexibility index (Phi) is 5.41. The third-order valence-electron chi connectivity index (χ3n) is 4.83. The highest BCUT2D eigenvalue weighted by Crippen LogP contribution is 2.29. The summed E-state index contributed by atoms with van der Waals surface area (Å²) in [5, 5.41) is 0.892. The Labute approximate surface area is 177 Å². The van der Waals surface area contributed by atoms with Gasteiger partial charge in [0, 0.05) is 25.4 Å².